The van der Waals surface area contributed by atoms with Crippen LogP contribution in [0.15, 0.2) is 47.4 Å². The van der Waals surface area contributed by atoms with Gasteiger partial charge in [0.15, 0.2) is 6.61 Å². The van der Waals surface area contributed by atoms with Gasteiger partial charge in [-0.3, -0.25) is 4.79 Å². The number of sulfonamides is 1. The quantitative estimate of drug-likeness (QED) is 0.673. The van der Waals surface area contributed by atoms with Gasteiger partial charge in [-0.1, -0.05) is 0 Å². The highest BCUT2D eigenvalue weighted by atomic mass is 32.2. The number of anilines is 1. The maximum atomic E-state index is 12.2. The number of esters is 1. The summed E-state index contributed by atoms with van der Waals surface area (Å²) in [6.07, 6.45) is 0. The molecule has 144 valence electrons. The predicted octanol–water partition coefficient (Wildman–Crippen LogP) is 1.15. The molecule has 27 heavy (non-hydrogen) atoms. The van der Waals surface area contributed by atoms with Gasteiger partial charge in [0.05, 0.1) is 19.1 Å². The average molecular weight is 394 g/mol. The Bertz CT molecular complexity index is 940. The number of methoxy groups -OCH3 is 2. The Balaban J connectivity index is 2.04. The fourth-order valence-corrected chi connectivity index (χ4v) is 2.64. The number of nitrogens with one attached hydrogen (secondary N) is 1. The first-order valence-electron chi connectivity index (χ1n) is 7.56. The van der Waals surface area contributed by atoms with Crippen molar-refractivity contribution in [3.05, 3.63) is 48.0 Å². The van der Waals surface area contributed by atoms with E-state index in [4.69, 9.17) is 19.3 Å². The largest absolute Gasteiger partial charge is 0.497 e. The lowest BCUT2D eigenvalue weighted by Gasteiger charge is -2.10. The highest BCUT2D eigenvalue weighted by molar-refractivity contribution is 7.89. The van der Waals surface area contributed by atoms with Gasteiger partial charge < -0.3 is 19.5 Å². The molecule has 3 N–H and O–H groups in total. The highest BCUT2D eigenvalue weighted by Crippen LogP contribution is 2.23. The number of hydrogen-bond acceptors (Lipinski definition) is 7. The van der Waals surface area contributed by atoms with Crippen molar-refractivity contribution >= 4 is 27.6 Å². The summed E-state index contributed by atoms with van der Waals surface area (Å²) in [6.45, 7) is -0.576. The Morgan fingerprint density at radius 3 is 2.26 bits per heavy atom. The van der Waals surface area contributed by atoms with E-state index in [-0.39, 0.29) is 16.2 Å². The van der Waals surface area contributed by atoms with Crippen LogP contribution in [-0.4, -0.2) is 41.1 Å². The Hall–Kier alpha value is -3.11. The van der Waals surface area contributed by atoms with Crippen LogP contribution in [0, 0.1) is 0 Å². The zero-order valence-corrected chi connectivity index (χ0v) is 15.4. The van der Waals surface area contributed by atoms with Crippen molar-refractivity contribution in [3.8, 4) is 11.5 Å². The molecule has 0 saturated carbocycles. The summed E-state index contributed by atoms with van der Waals surface area (Å²) in [5.74, 6) is -0.790. The van der Waals surface area contributed by atoms with Crippen LogP contribution in [-0.2, 0) is 19.6 Å². The van der Waals surface area contributed by atoms with Crippen molar-refractivity contribution in [1.29, 1.82) is 0 Å². The number of rotatable bonds is 7. The molecule has 2 aromatic rings. The Kier molecular flexibility index (Phi) is 6.37. The zero-order chi connectivity index (χ0) is 20.0. The van der Waals surface area contributed by atoms with Crippen LogP contribution in [0.1, 0.15) is 10.4 Å². The fraction of sp³-hybridized carbons (Fsp3) is 0.176. The van der Waals surface area contributed by atoms with E-state index in [1.54, 1.807) is 24.3 Å². The Morgan fingerprint density at radius 1 is 1.04 bits per heavy atom. The van der Waals surface area contributed by atoms with E-state index in [1.165, 1.54) is 26.4 Å². The summed E-state index contributed by atoms with van der Waals surface area (Å²) >= 11 is 0. The molecule has 0 unspecified atom stereocenters. The van der Waals surface area contributed by atoms with Gasteiger partial charge in [-0.05, 0) is 42.5 Å². The SMILES string of the molecule is COc1ccc(NC(=O)COC(=O)c2cc(S(N)(=O)=O)ccc2OC)cc1. The lowest BCUT2D eigenvalue weighted by molar-refractivity contribution is -0.119. The van der Waals surface area contributed by atoms with Crippen LogP contribution in [0.25, 0.3) is 0 Å². The zero-order valence-electron chi connectivity index (χ0n) is 14.6. The number of hydrogen-bond donors (Lipinski definition) is 2. The third-order valence-electron chi connectivity index (χ3n) is 3.43. The Labute approximate surface area is 156 Å². The summed E-state index contributed by atoms with van der Waals surface area (Å²) in [5.41, 5.74) is 0.326. The minimum atomic E-state index is -4.01. The van der Waals surface area contributed by atoms with E-state index >= 15 is 0 Å². The summed E-state index contributed by atoms with van der Waals surface area (Å²) < 4.78 is 37.8. The third-order valence-corrected chi connectivity index (χ3v) is 4.34. The topological polar surface area (TPSA) is 134 Å². The van der Waals surface area contributed by atoms with Crippen molar-refractivity contribution in [2.75, 3.05) is 26.1 Å². The summed E-state index contributed by atoms with van der Waals surface area (Å²) in [7, 11) is -1.19. The minimum Gasteiger partial charge on any atom is -0.497 e. The van der Waals surface area contributed by atoms with Crippen LogP contribution < -0.4 is 19.9 Å². The molecule has 0 heterocycles. The number of primary sulfonamides is 1. The number of nitrogens with two attached hydrogens (primary N) is 1. The second-order valence-electron chi connectivity index (χ2n) is 5.26. The number of amides is 1. The van der Waals surface area contributed by atoms with Gasteiger partial charge in [-0.25, -0.2) is 18.4 Å². The highest BCUT2D eigenvalue weighted by Gasteiger charge is 2.19. The number of benzene rings is 2. The molecule has 0 aliphatic rings. The molecule has 9 nitrogen and oxygen atoms in total. The van der Waals surface area contributed by atoms with E-state index in [2.05, 4.69) is 5.32 Å². The third kappa shape index (κ3) is 5.43. The molecule has 0 radical (unpaired) electrons. The summed E-state index contributed by atoms with van der Waals surface area (Å²) in [6, 6.07) is 10.1. The normalized spacial score (nSPS) is 10.8. The fourth-order valence-electron chi connectivity index (χ4n) is 2.10. The molecule has 0 atom stereocenters. The maximum Gasteiger partial charge on any atom is 0.342 e. The standard InChI is InChI=1S/C17H18N2O7S/c1-24-12-5-3-11(4-6-12)19-16(20)10-26-17(21)14-9-13(27(18,22)23)7-8-15(14)25-2/h3-9H,10H2,1-2H3,(H,19,20)(H2,18,22,23). The Morgan fingerprint density at radius 2 is 1.70 bits per heavy atom. The molecule has 0 spiro atoms. The van der Waals surface area contributed by atoms with E-state index in [9.17, 15) is 18.0 Å². The summed E-state index contributed by atoms with van der Waals surface area (Å²) in [5, 5.41) is 7.60. The molecule has 0 aliphatic carbocycles. The first-order valence-corrected chi connectivity index (χ1v) is 9.11. The number of carbonyl (C=O) groups is 2. The van der Waals surface area contributed by atoms with Crippen LogP contribution in [0.3, 0.4) is 0 Å². The second kappa shape index (κ2) is 8.52. The molecule has 1 amide bonds. The summed E-state index contributed by atoms with van der Waals surface area (Å²) in [4.78, 5) is 23.8. The average Bonchev–Trinajstić information content (AvgIpc) is 2.65. The van der Waals surface area contributed by atoms with Gasteiger partial charge in [0, 0.05) is 5.69 Å². The van der Waals surface area contributed by atoms with Crippen molar-refractivity contribution in [3.63, 3.8) is 0 Å². The van der Waals surface area contributed by atoms with Crippen LogP contribution in [0.2, 0.25) is 0 Å². The van der Waals surface area contributed by atoms with E-state index in [0.29, 0.717) is 11.4 Å². The van der Waals surface area contributed by atoms with Gasteiger partial charge in [0.25, 0.3) is 5.91 Å². The van der Waals surface area contributed by atoms with Crippen LogP contribution >= 0.6 is 0 Å². The second-order valence-corrected chi connectivity index (χ2v) is 6.82. The maximum absolute atomic E-state index is 12.2. The van der Waals surface area contributed by atoms with Crippen LogP contribution in [0.4, 0.5) is 5.69 Å². The molecule has 0 saturated heterocycles. The molecule has 2 aromatic carbocycles. The molecule has 2 rings (SSSR count). The monoisotopic (exact) mass is 394 g/mol. The number of carbonyl (C=O) groups excluding carboxylic acids is 2. The lowest BCUT2D eigenvalue weighted by atomic mass is 10.2. The van der Waals surface area contributed by atoms with Crippen molar-refractivity contribution in [2.45, 2.75) is 4.90 Å². The van der Waals surface area contributed by atoms with Crippen LogP contribution in [0.5, 0.6) is 11.5 Å². The predicted molar refractivity (Wildman–Crippen MR) is 96.3 cm³/mol. The molecule has 10 heteroatoms. The lowest BCUT2D eigenvalue weighted by Crippen LogP contribution is -2.21. The van der Waals surface area contributed by atoms with E-state index in [1.807, 2.05) is 0 Å². The van der Waals surface area contributed by atoms with Gasteiger partial charge in [0.1, 0.15) is 17.1 Å². The van der Waals surface area contributed by atoms with E-state index in [0.717, 1.165) is 6.07 Å². The van der Waals surface area contributed by atoms with Crippen molar-refractivity contribution < 1.29 is 32.2 Å². The van der Waals surface area contributed by atoms with E-state index < -0.39 is 28.5 Å². The van der Waals surface area contributed by atoms with Gasteiger partial charge >= 0.3 is 5.97 Å². The van der Waals surface area contributed by atoms with Crippen molar-refractivity contribution in [2.24, 2.45) is 5.14 Å². The molecule has 0 bridgehead atoms. The van der Waals surface area contributed by atoms with Gasteiger partial charge in [-0.15, -0.1) is 0 Å². The smallest absolute Gasteiger partial charge is 0.342 e. The molecule has 0 aromatic heterocycles. The first-order chi connectivity index (χ1) is 12.7. The molecule has 0 fully saturated rings. The van der Waals surface area contributed by atoms with Gasteiger partial charge in [-0.2, -0.15) is 0 Å². The molecule has 0 aliphatic heterocycles. The molecular weight excluding hydrogens is 376 g/mol. The van der Waals surface area contributed by atoms with Gasteiger partial charge in [0.2, 0.25) is 10.0 Å². The van der Waals surface area contributed by atoms with Crippen molar-refractivity contribution in [1.82, 2.24) is 0 Å². The minimum absolute atomic E-state index is 0.0861. The first kappa shape index (κ1) is 20.2. The molecular formula is C17H18N2O7S. The number of ether oxygens (including phenoxy) is 3.